The van der Waals surface area contributed by atoms with E-state index in [-0.39, 0.29) is 17.8 Å². The number of halogens is 2. The van der Waals surface area contributed by atoms with Gasteiger partial charge in [0, 0.05) is 30.7 Å². The van der Waals surface area contributed by atoms with Gasteiger partial charge in [0.15, 0.2) is 0 Å². The Bertz CT molecular complexity index is 497. The van der Waals surface area contributed by atoms with Gasteiger partial charge in [0.25, 0.3) is 0 Å². The van der Waals surface area contributed by atoms with Crippen LogP contribution in [0.4, 0.5) is 0 Å². The number of amides is 1. The highest BCUT2D eigenvalue weighted by atomic mass is 79.9. The minimum atomic E-state index is -0.277. The van der Waals surface area contributed by atoms with Crippen LogP contribution in [0.25, 0.3) is 0 Å². The molecule has 2 fully saturated rings. The Hall–Kier alpha value is -0.580. The van der Waals surface area contributed by atoms with Crippen LogP contribution in [0.1, 0.15) is 31.2 Å². The molecule has 1 saturated carbocycles. The van der Waals surface area contributed by atoms with E-state index in [0.29, 0.717) is 5.91 Å². The van der Waals surface area contributed by atoms with Crippen LogP contribution in [0.15, 0.2) is 28.7 Å². The number of nitrogens with one attached hydrogen (secondary N) is 1. The van der Waals surface area contributed by atoms with Gasteiger partial charge in [-0.3, -0.25) is 4.79 Å². The van der Waals surface area contributed by atoms with Crippen molar-refractivity contribution in [2.24, 2.45) is 0 Å². The van der Waals surface area contributed by atoms with Crippen LogP contribution in [0.2, 0.25) is 0 Å². The van der Waals surface area contributed by atoms with Crippen LogP contribution in [-0.4, -0.2) is 37.0 Å². The number of hydrogen-bond acceptors (Lipinski definition) is 2. The first-order chi connectivity index (χ1) is 9.72. The molecule has 0 atom stereocenters. The molecule has 2 aliphatic rings. The smallest absolute Gasteiger partial charge is 0.233 e. The zero-order chi connectivity index (χ0) is 14.0. The Morgan fingerprint density at radius 1 is 1.19 bits per heavy atom. The molecule has 0 spiro atoms. The summed E-state index contributed by atoms with van der Waals surface area (Å²) in [4.78, 5) is 15.2. The maximum atomic E-state index is 13.1. The molecule has 1 aliphatic heterocycles. The van der Waals surface area contributed by atoms with Gasteiger partial charge in [0.2, 0.25) is 5.91 Å². The SMILES string of the molecule is Cl.O=C(N1CCNCC1)C1(c2cccc(Br)c2)CCCC1. The van der Waals surface area contributed by atoms with E-state index in [0.717, 1.165) is 56.3 Å². The lowest BCUT2D eigenvalue weighted by molar-refractivity contribution is -0.138. The average molecular weight is 374 g/mol. The predicted octanol–water partition coefficient (Wildman–Crippen LogP) is 3.11. The summed E-state index contributed by atoms with van der Waals surface area (Å²) in [6.45, 7) is 3.52. The number of piperazine rings is 1. The molecule has 21 heavy (non-hydrogen) atoms. The van der Waals surface area contributed by atoms with E-state index >= 15 is 0 Å². The first kappa shape index (κ1) is 16.8. The van der Waals surface area contributed by atoms with Crippen LogP contribution in [0, 0.1) is 0 Å². The maximum Gasteiger partial charge on any atom is 0.233 e. The van der Waals surface area contributed by atoms with Gasteiger partial charge in [-0.2, -0.15) is 0 Å². The Kier molecular flexibility index (Phi) is 5.69. The summed E-state index contributed by atoms with van der Waals surface area (Å²) in [7, 11) is 0. The minimum Gasteiger partial charge on any atom is -0.339 e. The van der Waals surface area contributed by atoms with Crippen LogP contribution in [0.3, 0.4) is 0 Å². The van der Waals surface area contributed by atoms with Gasteiger partial charge >= 0.3 is 0 Å². The van der Waals surface area contributed by atoms with Gasteiger partial charge in [0.05, 0.1) is 5.41 Å². The molecule has 1 aromatic rings. The summed E-state index contributed by atoms with van der Waals surface area (Å²) >= 11 is 3.54. The molecule has 1 aliphatic carbocycles. The highest BCUT2D eigenvalue weighted by Gasteiger charge is 2.45. The minimum absolute atomic E-state index is 0. The number of benzene rings is 1. The number of carbonyl (C=O) groups excluding carboxylic acids is 1. The van der Waals surface area contributed by atoms with Gasteiger partial charge in [-0.15, -0.1) is 12.4 Å². The van der Waals surface area contributed by atoms with Crippen molar-refractivity contribution >= 4 is 34.2 Å². The molecule has 1 amide bonds. The third-order valence-electron chi connectivity index (χ3n) is 4.65. The Balaban J connectivity index is 0.00000161. The highest BCUT2D eigenvalue weighted by Crippen LogP contribution is 2.43. The first-order valence-corrected chi connectivity index (χ1v) is 8.28. The fourth-order valence-corrected chi connectivity index (χ4v) is 3.96. The fraction of sp³-hybridized carbons (Fsp3) is 0.562. The monoisotopic (exact) mass is 372 g/mol. The quantitative estimate of drug-likeness (QED) is 0.864. The lowest BCUT2D eigenvalue weighted by Crippen LogP contribution is -2.52. The number of rotatable bonds is 2. The number of nitrogens with zero attached hydrogens (tertiary/aromatic N) is 1. The molecular weight excluding hydrogens is 352 g/mol. The molecule has 1 saturated heterocycles. The highest BCUT2D eigenvalue weighted by molar-refractivity contribution is 9.10. The van der Waals surface area contributed by atoms with Gasteiger partial charge in [-0.25, -0.2) is 0 Å². The molecule has 3 nitrogen and oxygen atoms in total. The largest absolute Gasteiger partial charge is 0.339 e. The topological polar surface area (TPSA) is 32.3 Å². The zero-order valence-corrected chi connectivity index (χ0v) is 14.5. The summed E-state index contributed by atoms with van der Waals surface area (Å²) in [6.07, 6.45) is 4.30. The van der Waals surface area contributed by atoms with Crippen molar-refractivity contribution in [3.63, 3.8) is 0 Å². The van der Waals surface area contributed by atoms with Crippen LogP contribution >= 0.6 is 28.3 Å². The van der Waals surface area contributed by atoms with Crippen LogP contribution in [-0.2, 0) is 10.2 Å². The van der Waals surface area contributed by atoms with E-state index in [1.807, 2.05) is 12.1 Å². The fourth-order valence-electron chi connectivity index (χ4n) is 3.56. The normalized spacial score (nSPS) is 20.9. The molecule has 116 valence electrons. The number of hydrogen-bond donors (Lipinski definition) is 1. The molecule has 0 radical (unpaired) electrons. The average Bonchev–Trinajstić information content (AvgIpc) is 2.98. The number of carbonyl (C=O) groups is 1. The van der Waals surface area contributed by atoms with Crippen molar-refractivity contribution < 1.29 is 4.79 Å². The van der Waals surface area contributed by atoms with E-state index in [2.05, 4.69) is 38.3 Å². The summed E-state index contributed by atoms with van der Waals surface area (Å²) in [6, 6.07) is 8.33. The molecule has 3 rings (SSSR count). The van der Waals surface area contributed by atoms with E-state index in [9.17, 15) is 4.79 Å². The van der Waals surface area contributed by atoms with Crippen molar-refractivity contribution in [1.29, 1.82) is 0 Å². The van der Waals surface area contributed by atoms with E-state index in [4.69, 9.17) is 0 Å². The molecule has 0 bridgehead atoms. The molecule has 0 unspecified atom stereocenters. The van der Waals surface area contributed by atoms with E-state index < -0.39 is 0 Å². The van der Waals surface area contributed by atoms with Gasteiger partial charge in [-0.05, 0) is 30.5 Å². The predicted molar refractivity (Wildman–Crippen MR) is 91.0 cm³/mol. The second-order valence-electron chi connectivity index (χ2n) is 5.84. The summed E-state index contributed by atoms with van der Waals surface area (Å²) in [5.41, 5.74) is 0.911. The molecule has 5 heteroatoms. The van der Waals surface area contributed by atoms with Gasteiger partial charge < -0.3 is 10.2 Å². The summed E-state index contributed by atoms with van der Waals surface area (Å²) in [5.74, 6) is 0.342. The van der Waals surface area contributed by atoms with Crippen molar-refractivity contribution in [2.75, 3.05) is 26.2 Å². The Morgan fingerprint density at radius 3 is 2.48 bits per heavy atom. The van der Waals surface area contributed by atoms with Crippen molar-refractivity contribution in [2.45, 2.75) is 31.1 Å². The van der Waals surface area contributed by atoms with Gasteiger partial charge in [-0.1, -0.05) is 40.9 Å². The van der Waals surface area contributed by atoms with Crippen molar-refractivity contribution in [3.8, 4) is 0 Å². The van der Waals surface area contributed by atoms with Crippen LogP contribution < -0.4 is 5.32 Å². The Morgan fingerprint density at radius 2 is 1.86 bits per heavy atom. The van der Waals surface area contributed by atoms with Crippen molar-refractivity contribution in [3.05, 3.63) is 34.3 Å². The molecular formula is C16H22BrClN2O. The Labute approximate surface area is 141 Å². The van der Waals surface area contributed by atoms with Crippen LogP contribution in [0.5, 0.6) is 0 Å². The van der Waals surface area contributed by atoms with E-state index in [1.54, 1.807) is 0 Å². The maximum absolute atomic E-state index is 13.1. The molecule has 1 aromatic carbocycles. The summed E-state index contributed by atoms with van der Waals surface area (Å²) < 4.78 is 1.06. The van der Waals surface area contributed by atoms with E-state index in [1.165, 1.54) is 5.56 Å². The third-order valence-corrected chi connectivity index (χ3v) is 5.14. The summed E-state index contributed by atoms with van der Waals surface area (Å²) in [5, 5.41) is 3.32. The molecule has 0 aromatic heterocycles. The second kappa shape index (κ2) is 7.12. The lowest BCUT2D eigenvalue weighted by atomic mass is 9.77. The third kappa shape index (κ3) is 3.27. The second-order valence-corrected chi connectivity index (χ2v) is 6.76. The van der Waals surface area contributed by atoms with Gasteiger partial charge in [0.1, 0.15) is 0 Å². The van der Waals surface area contributed by atoms with Crippen molar-refractivity contribution in [1.82, 2.24) is 10.2 Å². The zero-order valence-electron chi connectivity index (χ0n) is 12.1. The molecule has 1 N–H and O–H groups in total. The standard InChI is InChI=1S/C16H21BrN2O.ClH/c17-14-5-3-4-13(12-14)16(6-1-2-7-16)15(20)19-10-8-18-9-11-19;/h3-5,12,18H,1-2,6-11H2;1H. The lowest BCUT2D eigenvalue weighted by Gasteiger charge is -2.37. The molecule has 1 heterocycles. The first-order valence-electron chi connectivity index (χ1n) is 7.48.